The maximum absolute atomic E-state index is 2.57. The zero-order valence-corrected chi connectivity index (χ0v) is 43.0. The van der Waals surface area contributed by atoms with Gasteiger partial charge in [0, 0.05) is 38.4 Å². The molecule has 0 unspecified atom stereocenters. The van der Waals surface area contributed by atoms with E-state index < -0.39 is 0 Å². The number of para-hydroxylation sites is 1. The van der Waals surface area contributed by atoms with E-state index in [0.29, 0.717) is 0 Å². The van der Waals surface area contributed by atoms with Crippen LogP contribution >= 0.6 is 0 Å². The molecule has 0 bridgehead atoms. The molecule has 13 rings (SSSR count). The van der Waals surface area contributed by atoms with Crippen molar-refractivity contribution >= 4 is 71.2 Å². The average Bonchev–Trinajstić information content (AvgIpc) is 3.80. The van der Waals surface area contributed by atoms with Gasteiger partial charge in [-0.1, -0.05) is 230 Å². The highest BCUT2D eigenvalue weighted by atomic mass is 15.1. The largest absolute Gasteiger partial charge is 0.309 e. The lowest BCUT2D eigenvalue weighted by atomic mass is 9.85. The lowest BCUT2D eigenvalue weighted by Crippen LogP contribution is -2.14. The van der Waals surface area contributed by atoms with Gasteiger partial charge in [-0.3, -0.25) is 0 Å². The SMILES string of the molecule is CC(C)(C)c1ccc2c(c1)c1cc(C(C)(C)C)ccc1n2-c1ccc2ccc3c(N(c4cc(-c5ccccc5)cc(-c5ccccc5)c4)c4c(-c5ccccc5)cccc4-c4ccccc4)ccc4ccc1c2c43. The molecule has 0 amide bonds. The molecule has 1 aromatic heterocycles. The van der Waals surface area contributed by atoms with E-state index in [1.807, 2.05) is 0 Å². The first-order valence-corrected chi connectivity index (χ1v) is 26.1. The van der Waals surface area contributed by atoms with E-state index in [1.54, 1.807) is 0 Å². The number of hydrogen-bond acceptors (Lipinski definition) is 1. The summed E-state index contributed by atoms with van der Waals surface area (Å²) in [5.74, 6) is 0. The second-order valence-corrected chi connectivity index (χ2v) is 22.2. The van der Waals surface area contributed by atoms with Crippen LogP contribution in [0, 0.1) is 0 Å². The summed E-state index contributed by atoms with van der Waals surface area (Å²) in [6, 6.07) is 90.6. The summed E-state index contributed by atoms with van der Waals surface area (Å²) in [6.45, 7) is 13.9. The summed E-state index contributed by atoms with van der Waals surface area (Å²) in [6.07, 6.45) is 0. The van der Waals surface area contributed by atoms with E-state index in [1.165, 1.54) is 82.1 Å². The molecule has 0 aliphatic heterocycles. The summed E-state index contributed by atoms with van der Waals surface area (Å²) in [5, 5.41) is 9.98. The molecule has 0 saturated carbocycles. The van der Waals surface area contributed by atoms with Crippen molar-refractivity contribution in [2.24, 2.45) is 0 Å². The molecule has 0 atom stereocenters. The Labute approximate surface area is 434 Å². The Bertz CT molecular complexity index is 4040. The van der Waals surface area contributed by atoms with Crippen molar-refractivity contribution in [2.75, 3.05) is 4.90 Å². The van der Waals surface area contributed by atoms with Crippen LogP contribution < -0.4 is 4.90 Å². The third-order valence-corrected chi connectivity index (χ3v) is 15.4. The van der Waals surface area contributed by atoms with E-state index in [-0.39, 0.29) is 10.8 Å². The molecule has 356 valence electrons. The summed E-state index contributed by atoms with van der Waals surface area (Å²) in [4.78, 5) is 2.57. The van der Waals surface area contributed by atoms with Crippen molar-refractivity contribution < 1.29 is 0 Å². The molecule has 0 radical (unpaired) electrons. The number of aromatic nitrogens is 1. The van der Waals surface area contributed by atoms with Gasteiger partial charge in [0.05, 0.1) is 28.1 Å². The zero-order chi connectivity index (χ0) is 50.3. The van der Waals surface area contributed by atoms with Crippen LogP contribution in [0.2, 0.25) is 0 Å². The van der Waals surface area contributed by atoms with Gasteiger partial charge in [0.15, 0.2) is 0 Å². The number of anilines is 3. The molecule has 0 spiro atoms. The molecular weight excluding hydrogens is 893 g/mol. The van der Waals surface area contributed by atoms with Crippen LogP contribution in [0.15, 0.2) is 243 Å². The van der Waals surface area contributed by atoms with Crippen LogP contribution in [0.25, 0.3) is 104 Å². The van der Waals surface area contributed by atoms with Gasteiger partial charge in [-0.25, -0.2) is 0 Å². The quantitative estimate of drug-likeness (QED) is 0.138. The van der Waals surface area contributed by atoms with Crippen molar-refractivity contribution in [3.63, 3.8) is 0 Å². The van der Waals surface area contributed by atoms with Gasteiger partial charge < -0.3 is 9.47 Å². The summed E-state index contributed by atoms with van der Waals surface area (Å²) in [7, 11) is 0. The normalized spacial score (nSPS) is 12.2. The number of benzene rings is 12. The molecule has 1 heterocycles. The van der Waals surface area contributed by atoms with E-state index >= 15 is 0 Å². The topological polar surface area (TPSA) is 8.17 Å². The van der Waals surface area contributed by atoms with Gasteiger partial charge in [-0.2, -0.15) is 0 Å². The molecule has 0 aliphatic rings. The van der Waals surface area contributed by atoms with E-state index in [9.17, 15) is 0 Å². The molecule has 12 aromatic carbocycles. The lowest BCUT2D eigenvalue weighted by Gasteiger charge is -2.32. The van der Waals surface area contributed by atoms with Gasteiger partial charge in [0.2, 0.25) is 0 Å². The fraction of sp³-hybridized carbons (Fsp3) is 0.111. The molecule has 0 saturated heterocycles. The smallest absolute Gasteiger partial charge is 0.0618 e. The van der Waals surface area contributed by atoms with Crippen LogP contribution in [-0.4, -0.2) is 4.57 Å². The number of hydrogen-bond donors (Lipinski definition) is 0. The Morgan fingerprint density at radius 3 is 1.24 bits per heavy atom. The number of rotatable bonds is 8. The maximum Gasteiger partial charge on any atom is 0.0618 e. The Morgan fingerprint density at radius 2 is 0.757 bits per heavy atom. The second kappa shape index (κ2) is 17.5. The fourth-order valence-corrected chi connectivity index (χ4v) is 11.6. The first-order chi connectivity index (χ1) is 36.0. The molecular formula is C72H58N2. The monoisotopic (exact) mass is 950 g/mol. The highest BCUT2D eigenvalue weighted by Gasteiger charge is 2.27. The summed E-state index contributed by atoms with van der Waals surface area (Å²) >= 11 is 0. The summed E-state index contributed by atoms with van der Waals surface area (Å²) < 4.78 is 2.53. The van der Waals surface area contributed by atoms with Gasteiger partial charge in [0.1, 0.15) is 0 Å². The molecule has 74 heavy (non-hydrogen) atoms. The van der Waals surface area contributed by atoms with Crippen LogP contribution in [0.4, 0.5) is 17.1 Å². The molecule has 0 aliphatic carbocycles. The minimum Gasteiger partial charge on any atom is -0.309 e. The van der Waals surface area contributed by atoms with Crippen LogP contribution in [-0.2, 0) is 10.8 Å². The standard InChI is InChI=1S/C72H58N2/c1-71(2,3)55-34-40-66-62(45-55)63-46-56(72(4,5)6)35-41-67(63)74(66)65-39-33-52-30-36-60-64(38-32-51-31-37-61(65)69(52)68(51)60)73(57-43-53(47-20-11-7-12-21-47)42-54(44-57)48-22-13-8-14-23-48)70-58(49-24-15-9-16-25-49)28-19-29-59(70)50-26-17-10-18-27-50/h7-46H,1-6H3. The van der Waals surface area contributed by atoms with Crippen molar-refractivity contribution in [3.05, 3.63) is 254 Å². The van der Waals surface area contributed by atoms with Gasteiger partial charge in [-0.05, 0) is 131 Å². The van der Waals surface area contributed by atoms with Gasteiger partial charge in [-0.15, -0.1) is 0 Å². The van der Waals surface area contributed by atoms with Crippen LogP contribution in [0.1, 0.15) is 52.7 Å². The molecule has 2 heteroatoms. The highest BCUT2D eigenvalue weighted by molar-refractivity contribution is 6.28. The van der Waals surface area contributed by atoms with E-state index in [0.717, 1.165) is 50.4 Å². The predicted octanol–water partition coefficient (Wildman–Crippen LogP) is 20.4. The minimum absolute atomic E-state index is 0.0122. The third-order valence-electron chi connectivity index (χ3n) is 15.4. The van der Waals surface area contributed by atoms with Crippen molar-refractivity contribution in [1.29, 1.82) is 0 Å². The maximum atomic E-state index is 2.57. The number of nitrogens with zero attached hydrogens (tertiary/aromatic N) is 2. The number of fused-ring (bicyclic) bond motifs is 3. The Hall–Kier alpha value is -8.72. The molecule has 13 aromatic rings. The zero-order valence-electron chi connectivity index (χ0n) is 43.0. The Morgan fingerprint density at radius 1 is 0.324 bits per heavy atom. The van der Waals surface area contributed by atoms with Crippen LogP contribution in [0.3, 0.4) is 0 Å². The van der Waals surface area contributed by atoms with E-state index in [2.05, 4.69) is 294 Å². The van der Waals surface area contributed by atoms with Crippen LogP contribution in [0.5, 0.6) is 0 Å². The molecule has 2 nitrogen and oxygen atoms in total. The average molecular weight is 951 g/mol. The molecule has 0 N–H and O–H groups in total. The Kier molecular flexibility index (Phi) is 10.7. The first-order valence-electron chi connectivity index (χ1n) is 26.1. The third kappa shape index (κ3) is 7.64. The van der Waals surface area contributed by atoms with Gasteiger partial charge in [0.25, 0.3) is 0 Å². The lowest BCUT2D eigenvalue weighted by molar-refractivity contribution is 0.590. The minimum atomic E-state index is 0.0122. The van der Waals surface area contributed by atoms with Crippen molar-refractivity contribution in [3.8, 4) is 50.2 Å². The molecule has 0 fully saturated rings. The highest BCUT2D eigenvalue weighted by Crippen LogP contribution is 2.52. The van der Waals surface area contributed by atoms with Crippen molar-refractivity contribution in [2.45, 2.75) is 52.4 Å². The second-order valence-electron chi connectivity index (χ2n) is 22.2. The van der Waals surface area contributed by atoms with E-state index in [4.69, 9.17) is 0 Å². The fourth-order valence-electron chi connectivity index (χ4n) is 11.6. The van der Waals surface area contributed by atoms with Gasteiger partial charge >= 0.3 is 0 Å². The van der Waals surface area contributed by atoms with Crippen molar-refractivity contribution in [1.82, 2.24) is 4.57 Å². The predicted molar refractivity (Wildman–Crippen MR) is 318 cm³/mol. The first kappa shape index (κ1) is 45.2. The summed E-state index contributed by atoms with van der Waals surface area (Å²) in [5.41, 5.74) is 18.9. The Balaban J connectivity index is 1.13.